The van der Waals surface area contributed by atoms with Crippen LogP contribution in [0.2, 0.25) is 0 Å². The molecular formula is C15H15N3O6. The molecule has 9 nitrogen and oxygen atoms in total. The molecule has 0 aliphatic rings. The molecule has 0 fully saturated rings. The van der Waals surface area contributed by atoms with E-state index in [1.807, 2.05) is 0 Å². The lowest BCUT2D eigenvalue weighted by molar-refractivity contribution is -0.130. The number of carbonyl (C=O) groups excluding carboxylic acids is 3. The summed E-state index contributed by atoms with van der Waals surface area (Å²) in [7, 11) is 0. The van der Waals surface area contributed by atoms with Gasteiger partial charge in [-0.3, -0.25) is 0 Å². The van der Waals surface area contributed by atoms with Gasteiger partial charge in [-0.25, -0.2) is 14.4 Å². The third kappa shape index (κ3) is 5.44. The van der Waals surface area contributed by atoms with Crippen LogP contribution in [0.15, 0.2) is 36.5 Å². The van der Waals surface area contributed by atoms with Crippen LogP contribution in [-0.2, 0) is 14.4 Å². The first kappa shape index (κ1) is 18.7. The minimum absolute atomic E-state index is 0.0800. The van der Waals surface area contributed by atoms with E-state index in [0.717, 1.165) is 0 Å². The van der Waals surface area contributed by atoms with E-state index < -0.39 is 35.9 Å². The summed E-state index contributed by atoms with van der Waals surface area (Å²) in [5, 5.41) is 0. The molecule has 0 aliphatic heterocycles. The fourth-order valence-corrected chi connectivity index (χ4v) is 0.967. The highest BCUT2D eigenvalue weighted by Crippen LogP contribution is 2.17. The number of rotatable bonds is 6. The Kier molecular flexibility index (Phi) is 6.05. The summed E-state index contributed by atoms with van der Waals surface area (Å²) in [5.41, 5.74) is 0.240. The Hall–Kier alpha value is -3.36. The molecule has 1 rings (SSSR count). The van der Waals surface area contributed by atoms with E-state index in [0.29, 0.717) is 0 Å². The molecule has 0 aromatic carbocycles. The molecule has 0 saturated carbocycles. The van der Waals surface area contributed by atoms with E-state index in [1.54, 1.807) is 0 Å². The molecule has 126 valence electrons. The third-order valence-electron chi connectivity index (χ3n) is 2.17. The monoisotopic (exact) mass is 333 g/mol. The molecule has 0 radical (unpaired) electrons. The molecule has 0 aliphatic carbocycles. The van der Waals surface area contributed by atoms with E-state index in [1.165, 1.54) is 20.8 Å². The molecular weight excluding hydrogens is 318 g/mol. The van der Waals surface area contributed by atoms with Crippen LogP contribution in [-0.4, -0.2) is 32.9 Å². The maximum Gasteiger partial charge on any atom is 0.340 e. The van der Waals surface area contributed by atoms with Gasteiger partial charge in [0.05, 0.1) is 0 Å². The van der Waals surface area contributed by atoms with Gasteiger partial charge in [0.25, 0.3) is 0 Å². The minimum Gasteiger partial charge on any atom is -0.387 e. The zero-order valence-corrected chi connectivity index (χ0v) is 13.4. The Morgan fingerprint density at radius 2 is 0.833 bits per heavy atom. The normalized spacial score (nSPS) is 9.62. The van der Waals surface area contributed by atoms with Crippen LogP contribution in [0.1, 0.15) is 20.8 Å². The molecule has 0 unspecified atom stereocenters. The van der Waals surface area contributed by atoms with Crippen LogP contribution < -0.4 is 14.2 Å². The molecule has 0 bridgehead atoms. The molecule has 1 aromatic rings. The fraction of sp³-hybridized carbons (Fsp3) is 0.200. The smallest absolute Gasteiger partial charge is 0.340 e. The largest absolute Gasteiger partial charge is 0.387 e. The maximum absolute atomic E-state index is 11.5. The summed E-state index contributed by atoms with van der Waals surface area (Å²) >= 11 is 0. The maximum atomic E-state index is 11.5. The van der Waals surface area contributed by atoms with Crippen molar-refractivity contribution in [2.45, 2.75) is 20.8 Å². The summed E-state index contributed by atoms with van der Waals surface area (Å²) < 4.78 is 14.4. The van der Waals surface area contributed by atoms with Crippen molar-refractivity contribution in [1.82, 2.24) is 15.0 Å². The molecule has 0 saturated heterocycles. The van der Waals surface area contributed by atoms with Gasteiger partial charge >= 0.3 is 35.9 Å². The van der Waals surface area contributed by atoms with Crippen molar-refractivity contribution in [1.29, 1.82) is 0 Å². The van der Waals surface area contributed by atoms with Crippen LogP contribution in [0.25, 0.3) is 0 Å². The van der Waals surface area contributed by atoms with Crippen molar-refractivity contribution in [3.05, 3.63) is 36.5 Å². The lowest BCUT2D eigenvalue weighted by Gasteiger charge is -2.07. The number of nitrogens with zero attached hydrogens (tertiary/aromatic N) is 3. The van der Waals surface area contributed by atoms with Crippen LogP contribution in [0.4, 0.5) is 0 Å². The average molecular weight is 333 g/mol. The Balaban J connectivity index is 3.17. The quantitative estimate of drug-likeness (QED) is 0.561. The van der Waals surface area contributed by atoms with Gasteiger partial charge < -0.3 is 14.2 Å². The van der Waals surface area contributed by atoms with E-state index in [4.69, 9.17) is 14.2 Å². The highest BCUT2D eigenvalue weighted by atomic mass is 16.6. The van der Waals surface area contributed by atoms with Gasteiger partial charge in [-0.15, -0.1) is 15.0 Å². The summed E-state index contributed by atoms with van der Waals surface area (Å²) in [6.07, 6.45) is 0. The second-order valence-electron chi connectivity index (χ2n) is 4.69. The Labute approximate surface area is 137 Å². The average Bonchev–Trinajstić information content (AvgIpc) is 2.46. The molecule has 0 spiro atoms. The molecule has 1 aromatic heterocycles. The number of carbonyl (C=O) groups is 3. The van der Waals surface area contributed by atoms with Crippen molar-refractivity contribution in [3.63, 3.8) is 0 Å². The summed E-state index contributed by atoms with van der Waals surface area (Å²) in [4.78, 5) is 45.5. The van der Waals surface area contributed by atoms with Crippen LogP contribution in [0, 0.1) is 0 Å². The molecule has 0 atom stereocenters. The summed E-state index contributed by atoms with van der Waals surface area (Å²) in [6, 6.07) is -1.61. The lowest BCUT2D eigenvalue weighted by atomic mass is 10.4. The van der Waals surface area contributed by atoms with Crippen LogP contribution in [0.3, 0.4) is 0 Å². The highest BCUT2D eigenvalue weighted by Gasteiger charge is 2.18. The predicted octanol–water partition coefficient (Wildman–Crippen LogP) is 1.32. The van der Waals surface area contributed by atoms with Gasteiger partial charge in [-0.2, -0.15) is 0 Å². The number of hydrogen-bond acceptors (Lipinski definition) is 9. The summed E-state index contributed by atoms with van der Waals surface area (Å²) in [5.74, 6) is -2.47. The standard InChI is InChI=1S/C15H15N3O6/c1-7(2)10(19)22-13-16-14(23-11(20)8(3)4)18-15(17-13)24-12(21)9(5)6/h1,3,5H2,2,4,6H3. The second-order valence-corrected chi connectivity index (χ2v) is 4.69. The molecule has 0 amide bonds. The SMILES string of the molecule is C=C(C)C(=O)Oc1nc(OC(=O)C(=C)C)nc(OC(=O)C(=C)C)n1. The zero-order chi connectivity index (χ0) is 18.4. The first-order chi connectivity index (χ1) is 11.1. The molecule has 0 N–H and O–H groups in total. The highest BCUT2D eigenvalue weighted by molar-refractivity contribution is 5.89. The van der Waals surface area contributed by atoms with Gasteiger partial charge in [-0.05, 0) is 20.8 Å². The fourth-order valence-electron chi connectivity index (χ4n) is 0.967. The van der Waals surface area contributed by atoms with E-state index in [-0.39, 0.29) is 16.7 Å². The van der Waals surface area contributed by atoms with E-state index >= 15 is 0 Å². The van der Waals surface area contributed by atoms with Crippen molar-refractivity contribution >= 4 is 17.9 Å². The second kappa shape index (κ2) is 7.77. The Bertz CT molecular complexity index is 641. The van der Waals surface area contributed by atoms with Gasteiger partial charge in [0.1, 0.15) is 0 Å². The molecule has 9 heteroatoms. The lowest BCUT2D eigenvalue weighted by Crippen LogP contribution is -2.17. The van der Waals surface area contributed by atoms with Crippen molar-refractivity contribution < 1.29 is 28.6 Å². The molecule has 24 heavy (non-hydrogen) atoms. The van der Waals surface area contributed by atoms with Crippen molar-refractivity contribution in [3.8, 4) is 18.0 Å². The summed E-state index contributed by atoms with van der Waals surface area (Å²) in [6.45, 7) is 14.4. The van der Waals surface area contributed by atoms with E-state index in [2.05, 4.69) is 34.7 Å². The number of ether oxygens (including phenoxy) is 3. The Morgan fingerprint density at radius 3 is 1.00 bits per heavy atom. The number of aromatic nitrogens is 3. The first-order valence-electron chi connectivity index (χ1n) is 6.49. The number of esters is 3. The van der Waals surface area contributed by atoms with Gasteiger partial charge in [0.2, 0.25) is 0 Å². The van der Waals surface area contributed by atoms with Crippen LogP contribution in [0.5, 0.6) is 18.0 Å². The number of hydrogen-bond donors (Lipinski definition) is 0. The van der Waals surface area contributed by atoms with Crippen molar-refractivity contribution in [2.24, 2.45) is 0 Å². The minimum atomic E-state index is -0.824. The predicted molar refractivity (Wildman–Crippen MR) is 81.2 cm³/mol. The van der Waals surface area contributed by atoms with Gasteiger partial charge in [0.15, 0.2) is 0 Å². The molecule has 1 heterocycles. The third-order valence-corrected chi connectivity index (χ3v) is 2.17. The van der Waals surface area contributed by atoms with E-state index in [9.17, 15) is 14.4 Å². The van der Waals surface area contributed by atoms with Crippen molar-refractivity contribution in [2.75, 3.05) is 0 Å². The van der Waals surface area contributed by atoms with Crippen LogP contribution >= 0.6 is 0 Å². The van der Waals surface area contributed by atoms with Gasteiger partial charge in [0, 0.05) is 16.7 Å². The van der Waals surface area contributed by atoms with Gasteiger partial charge in [-0.1, -0.05) is 19.7 Å². The zero-order valence-electron chi connectivity index (χ0n) is 13.4. The Morgan fingerprint density at radius 1 is 0.625 bits per heavy atom. The topological polar surface area (TPSA) is 118 Å². The first-order valence-corrected chi connectivity index (χ1v) is 6.49.